The molecular formula is C20H26N2O4S. The second kappa shape index (κ2) is 9.53. The van der Waals surface area contributed by atoms with Crippen LogP contribution in [0.2, 0.25) is 0 Å². The number of ether oxygens (including phenoxy) is 1. The molecule has 0 aromatic heterocycles. The molecule has 0 aliphatic carbocycles. The van der Waals surface area contributed by atoms with Gasteiger partial charge in [-0.05, 0) is 54.3 Å². The van der Waals surface area contributed by atoms with Crippen LogP contribution in [0.5, 0.6) is 5.75 Å². The maximum atomic E-state index is 12.2. The lowest BCUT2D eigenvalue weighted by Gasteiger charge is -2.10. The Hall–Kier alpha value is -2.38. The molecule has 0 aliphatic heterocycles. The average Bonchev–Trinajstić information content (AvgIpc) is 2.66. The number of benzene rings is 2. The monoisotopic (exact) mass is 390 g/mol. The van der Waals surface area contributed by atoms with E-state index < -0.39 is 10.0 Å². The first-order valence-electron chi connectivity index (χ1n) is 8.82. The van der Waals surface area contributed by atoms with Gasteiger partial charge in [0.05, 0.1) is 12.0 Å². The number of hydrogen-bond donors (Lipinski definition) is 2. The number of anilines is 1. The van der Waals surface area contributed by atoms with Gasteiger partial charge in [0.2, 0.25) is 15.9 Å². The third-order valence-electron chi connectivity index (χ3n) is 3.93. The minimum Gasteiger partial charge on any atom is -0.497 e. The molecule has 0 fully saturated rings. The Morgan fingerprint density at radius 2 is 1.67 bits per heavy atom. The van der Waals surface area contributed by atoms with Crippen molar-refractivity contribution in [1.82, 2.24) is 4.72 Å². The van der Waals surface area contributed by atoms with E-state index in [0.717, 1.165) is 11.3 Å². The van der Waals surface area contributed by atoms with Crippen molar-refractivity contribution >= 4 is 21.6 Å². The molecule has 146 valence electrons. The first-order valence-corrected chi connectivity index (χ1v) is 10.3. The summed E-state index contributed by atoms with van der Waals surface area (Å²) in [5.74, 6) is 0.865. The highest BCUT2D eigenvalue weighted by Crippen LogP contribution is 2.16. The van der Waals surface area contributed by atoms with Gasteiger partial charge in [0.1, 0.15) is 5.75 Å². The van der Waals surface area contributed by atoms with Gasteiger partial charge in [-0.25, -0.2) is 13.1 Å². The predicted molar refractivity (Wildman–Crippen MR) is 106 cm³/mol. The summed E-state index contributed by atoms with van der Waals surface area (Å²) >= 11 is 0. The van der Waals surface area contributed by atoms with Crippen LogP contribution in [0.1, 0.15) is 25.8 Å². The molecule has 2 aromatic rings. The fraction of sp³-hybridized carbons (Fsp3) is 0.350. The number of carbonyl (C=O) groups excluding carboxylic acids is 1. The summed E-state index contributed by atoms with van der Waals surface area (Å²) in [6.07, 6.45) is 0.839. The average molecular weight is 391 g/mol. The van der Waals surface area contributed by atoms with Gasteiger partial charge in [0.15, 0.2) is 0 Å². The Labute approximate surface area is 161 Å². The number of hydrogen-bond acceptors (Lipinski definition) is 4. The summed E-state index contributed by atoms with van der Waals surface area (Å²) in [7, 11) is -1.90. The third-order valence-corrected chi connectivity index (χ3v) is 5.37. The lowest BCUT2D eigenvalue weighted by Crippen LogP contribution is -2.27. The number of aryl methyl sites for hydroxylation is 1. The van der Waals surface area contributed by atoms with Crippen LogP contribution in [-0.4, -0.2) is 28.0 Å². The zero-order valence-corrected chi connectivity index (χ0v) is 16.7. The van der Waals surface area contributed by atoms with E-state index in [2.05, 4.69) is 10.0 Å². The van der Waals surface area contributed by atoms with E-state index in [0.29, 0.717) is 25.1 Å². The molecule has 1 amide bonds. The Morgan fingerprint density at radius 3 is 2.22 bits per heavy atom. The molecule has 0 heterocycles. The van der Waals surface area contributed by atoms with Crippen LogP contribution in [-0.2, 0) is 21.2 Å². The quantitative estimate of drug-likeness (QED) is 0.689. The molecule has 0 bridgehead atoms. The van der Waals surface area contributed by atoms with Crippen LogP contribution < -0.4 is 14.8 Å². The molecule has 0 unspecified atom stereocenters. The maximum Gasteiger partial charge on any atom is 0.240 e. The zero-order chi connectivity index (χ0) is 19.9. The molecule has 0 aliphatic rings. The van der Waals surface area contributed by atoms with E-state index in [1.807, 2.05) is 13.8 Å². The van der Waals surface area contributed by atoms with Gasteiger partial charge in [-0.1, -0.05) is 26.0 Å². The number of methoxy groups -OCH3 is 1. The molecule has 0 spiro atoms. The van der Waals surface area contributed by atoms with Crippen molar-refractivity contribution in [3.05, 3.63) is 54.1 Å². The van der Waals surface area contributed by atoms with E-state index in [1.54, 1.807) is 55.6 Å². The van der Waals surface area contributed by atoms with Gasteiger partial charge in [-0.3, -0.25) is 4.79 Å². The molecular weight excluding hydrogens is 364 g/mol. The molecule has 0 radical (unpaired) electrons. The molecule has 6 nitrogen and oxygen atoms in total. The van der Waals surface area contributed by atoms with Crippen molar-refractivity contribution in [2.75, 3.05) is 19.0 Å². The van der Waals surface area contributed by atoms with Crippen molar-refractivity contribution in [3.8, 4) is 5.75 Å². The minimum atomic E-state index is -3.49. The number of sulfonamides is 1. The smallest absolute Gasteiger partial charge is 0.240 e. The minimum absolute atomic E-state index is 0.101. The van der Waals surface area contributed by atoms with Gasteiger partial charge < -0.3 is 10.1 Å². The van der Waals surface area contributed by atoms with E-state index in [1.165, 1.54) is 0 Å². The Balaban J connectivity index is 1.87. The fourth-order valence-electron chi connectivity index (χ4n) is 2.35. The number of nitrogens with one attached hydrogen (secondary N) is 2. The van der Waals surface area contributed by atoms with Crippen LogP contribution in [0.25, 0.3) is 0 Å². The van der Waals surface area contributed by atoms with Crippen molar-refractivity contribution in [3.63, 3.8) is 0 Å². The van der Waals surface area contributed by atoms with E-state index >= 15 is 0 Å². The Bertz CT molecular complexity index is 845. The van der Waals surface area contributed by atoms with Gasteiger partial charge in [0.25, 0.3) is 0 Å². The molecule has 27 heavy (non-hydrogen) atoms. The number of rotatable bonds is 9. The van der Waals surface area contributed by atoms with Crippen LogP contribution in [0.15, 0.2) is 53.4 Å². The molecule has 2 rings (SSSR count). The van der Waals surface area contributed by atoms with Gasteiger partial charge in [-0.15, -0.1) is 0 Å². The molecule has 0 atom stereocenters. The largest absolute Gasteiger partial charge is 0.497 e. The van der Waals surface area contributed by atoms with Crippen LogP contribution in [0.4, 0.5) is 5.69 Å². The second-order valence-electron chi connectivity index (χ2n) is 6.67. The summed E-state index contributed by atoms with van der Waals surface area (Å²) in [6.45, 7) is 4.29. The highest BCUT2D eigenvalue weighted by Gasteiger charge is 2.14. The number of amides is 1. The first kappa shape index (κ1) is 20.9. The second-order valence-corrected chi connectivity index (χ2v) is 8.43. The molecule has 7 heteroatoms. The molecule has 0 saturated carbocycles. The van der Waals surface area contributed by atoms with Crippen molar-refractivity contribution in [2.45, 2.75) is 31.6 Å². The summed E-state index contributed by atoms with van der Waals surface area (Å²) < 4.78 is 32.0. The molecule has 2 N–H and O–H groups in total. The first-order chi connectivity index (χ1) is 12.8. The Morgan fingerprint density at radius 1 is 1.04 bits per heavy atom. The van der Waals surface area contributed by atoms with Gasteiger partial charge in [-0.2, -0.15) is 0 Å². The number of carbonyl (C=O) groups is 1. The van der Waals surface area contributed by atoms with Crippen LogP contribution in [0, 0.1) is 5.92 Å². The lowest BCUT2D eigenvalue weighted by molar-refractivity contribution is -0.116. The molecule has 2 aromatic carbocycles. The lowest BCUT2D eigenvalue weighted by atomic mass is 10.1. The van der Waals surface area contributed by atoms with E-state index in [4.69, 9.17) is 4.74 Å². The van der Waals surface area contributed by atoms with E-state index in [9.17, 15) is 13.2 Å². The van der Waals surface area contributed by atoms with Crippen molar-refractivity contribution in [2.24, 2.45) is 5.92 Å². The topological polar surface area (TPSA) is 84.5 Å². The third kappa shape index (κ3) is 6.69. The summed E-state index contributed by atoms with van der Waals surface area (Å²) in [4.78, 5) is 12.3. The van der Waals surface area contributed by atoms with Crippen molar-refractivity contribution in [1.29, 1.82) is 0 Å². The zero-order valence-electron chi connectivity index (χ0n) is 15.9. The van der Waals surface area contributed by atoms with Crippen LogP contribution >= 0.6 is 0 Å². The van der Waals surface area contributed by atoms with Gasteiger partial charge in [0, 0.05) is 18.7 Å². The highest BCUT2D eigenvalue weighted by atomic mass is 32.2. The van der Waals surface area contributed by atoms with Crippen LogP contribution in [0.3, 0.4) is 0 Å². The summed E-state index contributed by atoms with van der Waals surface area (Å²) in [5, 5.41) is 2.83. The standard InChI is InChI=1S/C20H26N2O4S/c1-15(2)14-21-27(24,25)19-11-4-16(5-12-19)6-13-20(23)22-17-7-9-18(26-3)10-8-17/h4-5,7-12,15,21H,6,13-14H2,1-3H3,(H,22,23). The molecule has 0 saturated heterocycles. The predicted octanol–water partition coefficient (Wildman–Crippen LogP) is 3.20. The van der Waals surface area contributed by atoms with Gasteiger partial charge >= 0.3 is 0 Å². The SMILES string of the molecule is COc1ccc(NC(=O)CCc2ccc(S(=O)(=O)NCC(C)C)cc2)cc1. The summed E-state index contributed by atoms with van der Waals surface area (Å²) in [6, 6.07) is 13.7. The normalized spacial score (nSPS) is 11.4. The summed E-state index contributed by atoms with van der Waals surface area (Å²) in [5.41, 5.74) is 1.61. The Kier molecular flexibility index (Phi) is 7.38. The van der Waals surface area contributed by atoms with E-state index in [-0.39, 0.29) is 16.7 Å². The van der Waals surface area contributed by atoms with Crippen molar-refractivity contribution < 1.29 is 17.9 Å². The highest BCUT2D eigenvalue weighted by molar-refractivity contribution is 7.89. The maximum absolute atomic E-state index is 12.2. The fourth-order valence-corrected chi connectivity index (χ4v) is 3.56.